The molecule has 3 rings (SSSR count). The second kappa shape index (κ2) is 7.55. The van der Waals surface area contributed by atoms with Crippen LogP contribution in [-0.2, 0) is 6.42 Å². The molecule has 120 valence electrons. The minimum Gasteiger partial charge on any atom is -0.340 e. The van der Waals surface area contributed by atoms with Crippen molar-refractivity contribution in [1.82, 2.24) is 10.3 Å². The summed E-state index contributed by atoms with van der Waals surface area (Å²) in [5, 5.41) is 3.10. The number of amides is 1. The first-order valence-corrected chi connectivity index (χ1v) is 8.13. The Kier molecular flexibility index (Phi) is 5.02. The number of hydrogen-bond donors (Lipinski definition) is 1. The number of nitrogens with zero attached hydrogens (tertiary/aromatic N) is 1. The maximum Gasteiger partial charge on any atom is 0.252 e. The van der Waals surface area contributed by atoms with Gasteiger partial charge in [0.05, 0.1) is 11.7 Å². The maximum atomic E-state index is 12.7. The zero-order valence-corrected chi connectivity index (χ0v) is 13.6. The third-order valence-electron chi connectivity index (χ3n) is 4.02. The minimum atomic E-state index is -0.272. The first-order valence-electron chi connectivity index (χ1n) is 8.13. The van der Waals surface area contributed by atoms with Crippen LogP contribution in [0.25, 0.3) is 0 Å². The largest absolute Gasteiger partial charge is 0.340 e. The average molecular weight is 316 g/mol. The third-order valence-corrected chi connectivity index (χ3v) is 4.02. The number of nitrogens with one attached hydrogen (secondary N) is 1. The molecule has 0 bridgehead atoms. The van der Waals surface area contributed by atoms with E-state index in [0.29, 0.717) is 5.56 Å². The summed E-state index contributed by atoms with van der Waals surface area (Å²) >= 11 is 0. The summed E-state index contributed by atoms with van der Waals surface area (Å²) < 4.78 is 0. The van der Waals surface area contributed by atoms with Crippen LogP contribution in [0.2, 0.25) is 0 Å². The predicted octanol–water partition coefficient (Wildman–Crippen LogP) is 4.16. The van der Waals surface area contributed by atoms with Crippen LogP contribution in [0.4, 0.5) is 0 Å². The highest BCUT2D eigenvalue weighted by Gasteiger charge is 2.18. The van der Waals surface area contributed by atoms with Crippen molar-refractivity contribution in [2.45, 2.75) is 19.4 Å². The van der Waals surface area contributed by atoms with Gasteiger partial charge in [-0.1, -0.05) is 55.5 Å². The van der Waals surface area contributed by atoms with Gasteiger partial charge in [-0.2, -0.15) is 0 Å². The van der Waals surface area contributed by atoms with Crippen LogP contribution in [0, 0.1) is 0 Å². The third kappa shape index (κ3) is 3.69. The van der Waals surface area contributed by atoms with E-state index < -0.39 is 0 Å². The average Bonchev–Trinajstić information content (AvgIpc) is 2.67. The van der Waals surface area contributed by atoms with Crippen LogP contribution >= 0.6 is 0 Å². The van der Waals surface area contributed by atoms with Crippen molar-refractivity contribution in [3.8, 4) is 0 Å². The van der Waals surface area contributed by atoms with E-state index in [9.17, 15) is 4.79 Å². The molecule has 0 aliphatic carbocycles. The second-order valence-electron chi connectivity index (χ2n) is 5.62. The monoisotopic (exact) mass is 316 g/mol. The number of aryl methyl sites for hydroxylation is 1. The van der Waals surface area contributed by atoms with Crippen LogP contribution in [0.5, 0.6) is 0 Å². The quantitative estimate of drug-likeness (QED) is 0.768. The maximum absolute atomic E-state index is 12.7. The van der Waals surface area contributed by atoms with Gasteiger partial charge < -0.3 is 5.32 Å². The normalized spacial score (nSPS) is 11.7. The molecule has 1 amide bonds. The van der Waals surface area contributed by atoms with Gasteiger partial charge in [0, 0.05) is 11.8 Å². The Morgan fingerprint density at radius 3 is 2.29 bits per heavy atom. The van der Waals surface area contributed by atoms with Crippen molar-refractivity contribution in [3.63, 3.8) is 0 Å². The lowest BCUT2D eigenvalue weighted by molar-refractivity contribution is 0.0942. The van der Waals surface area contributed by atoms with E-state index in [2.05, 4.69) is 17.2 Å². The summed E-state index contributed by atoms with van der Waals surface area (Å²) in [5.74, 6) is -0.0999. The molecule has 3 heteroatoms. The molecule has 3 nitrogen and oxygen atoms in total. The minimum absolute atomic E-state index is 0.0999. The van der Waals surface area contributed by atoms with Gasteiger partial charge in [0.2, 0.25) is 0 Å². The van der Waals surface area contributed by atoms with Gasteiger partial charge in [0.25, 0.3) is 5.91 Å². The lowest BCUT2D eigenvalue weighted by Gasteiger charge is -2.19. The Morgan fingerprint density at radius 2 is 1.67 bits per heavy atom. The van der Waals surface area contributed by atoms with E-state index in [-0.39, 0.29) is 11.9 Å². The second-order valence-corrected chi connectivity index (χ2v) is 5.62. The van der Waals surface area contributed by atoms with E-state index in [4.69, 9.17) is 0 Å². The molecule has 0 aliphatic rings. The molecule has 0 spiro atoms. The van der Waals surface area contributed by atoms with E-state index >= 15 is 0 Å². The van der Waals surface area contributed by atoms with Gasteiger partial charge in [0.15, 0.2) is 0 Å². The lowest BCUT2D eigenvalue weighted by atomic mass is 10.0. The first kappa shape index (κ1) is 15.9. The summed E-state index contributed by atoms with van der Waals surface area (Å²) in [7, 11) is 0. The highest BCUT2D eigenvalue weighted by atomic mass is 16.1. The van der Waals surface area contributed by atoms with Crippen LogP contribution in [-0.4, -0.2) is 10.9 Å². The molecule has 1 atom stereocenters. The molecule has 24 heavy (non-hydrogen) atoms. The fourth-order valence-electron chi connectivity index (χ4n) is 2.63. The molecular weight excluding hydrogens is 296 g/mol. The Morgan fingerprint density at radius 1 is 0.958 bits per heavy atom. The topological polar surface area (TPSA) is 42.0 Å². The fraction of sp³-hybridized carbons (Fsp3) is 0.143. The van der Waals surface area contributed by atoms with Gasteiger partial charge >= 0.3 is 0 Å². The molecule has 1 heterocycles. The zero-order chi connectivity index (χ0) is 16.8. The Hall–Kier alpha value is -2.94. The zero-order valence-electron chi connectivity index (χ0n) is 13.6. The SMILES string of the molecule is CCc1ccc(C(=O)N[C@@H](c2ccccc2)c2ccccn2)cc1. The number of pyridine rings is 1. The van der Waals surface area contributed by atoms with Crippen LogP contribution < -0.4 is 5.32 Å². The van der Waals surface area contributed by atoms with E-state index in [1.807, 2.05) is 72.8 Å². The van der Waals surface area contributed by atoms with E-state index in [1.54, 1.807) is 6.20 Å². The van der Waals surface area contributed by atoms with Crippen molar-refractivity contribution in [2.75, 3.05) is 0 Å². The molecule has 1 N–H and O–H groups in total. The van der Waals surface area contributed by atoms with Gasteiger partial charge in [0.1, 0.15) is 0 Å². The summed E-state index contributed by atoms with van der Waals surface area (Å²) in [6, 6.07) is 23.1. The van der Waals surface area contributed by atoms with Gasteiger partial charge in [-0.25, -0.2) is 0 Å². The van der Waals surface area contributed by atoms with Crippen molar-refractivity contribution in [1.29, 1.82) is 0 Å². The lowest BCUT2D eigenvalue weighted by Crippen LogP contribution is -2.29. The van der Waals surface area contributed by atoms with Gasteiger partial charge in [-0.15, -0.1) is 0 Å². The molecule has 3 aromatic rings. The number of carbonyl (C=O) groups is 1. The fourth-order valence-corrected chi connectivity index (χ4v) is 2.63. The Balaban J connectivity index is 1.87. The highest BCUT2D eigenvalue weighted by Crippen LogP contribution is 2.20. The Bertz CT molecular complexity index is 744. The van der Waals surface area contributed by atoms with Crippen molar-refractivity contribution < 1.29 is 4.79 Å². The van der Waals surface area contributed by atoms with Crippen LogP contribution in [0.1, 0.15) is 40.1 Å². The molecule has 1 aromatic heterocycles. The molecule has 0 radical (unpaired) electrons. The van der Waals surface area contributed by atoms with E-state index in [0.717, 1.165) is 17.7 Å². The molecule has 0 saturated heterocycles. The summed E-state index contributed by atoms with van der Waals surface area (Å²) in [4.78, 5) is 17.1. The standard InChI is InChI=1S/C21H20N2O/c1-2-16-11-13-18(14-12-16)21(24)23-20(17-8-4-3-5-9-17)19-10-6-7-15-22-19/h3-15,20H,2H2,1H3,(H,23,24)/t20-/m0/s1. The number of aromatic nitrogens is 1. The van der Waals surface area contributed by atoms with Crippen LogP contribution in [0.3, 0.4) is 0 Å². The predicted molar refractivity (Wildman–Crippen MR) is 95.8 cm³/mol. The molecule has 2 aromatic carbocycles. The van der Waals surface area contributed by atoms with E-state index in [1.165, 1.54) is 5.56 Å². The van der Waals surface area contributed by atoms with Crippen molar-refractivity contribution in [2.24, 2.45) is 0 Å². The number of hydrogen-bond acceptors (Lipinski definition) is 2. The van der Waals surface area contributed by atoms with Gasteiger partial charge in [-0.3, -0.25) is 9.78 Å². The number of benzene rings is 2. The molecule has 0 fully saturated rings. The number of carbonyl (C=O) groups excluding carboxylic acids is 1. The number of rotatable bonds is 5. The smallest absolute Gasteiger partial charge is 0.252 e. The van der Waals surface area contributed by atoms with Gasteiger partial charge in [-0.05, 0) is 41.8 Å². The summed E-state index contributed by atoms with van der Waals surface area (Å²) in [6.45, 7) is 2.10. The summed E-state index contributed by atoms with van der Waals surface area (Å²) in [5.41, 5.74) is 3.71. The first-order chi connectivity index (χ1) is 11.8. The van der Waals surface area contributed by atoms with Crippen molar-refractivity contribution >= 4 is 5.91 Å². The van der Waals surface area contributed by atoms with Crippen molar-refractivity contribution in [3.05, 3.63) is 101 Å². The molecule has 0 aliphatic heterocycles. The van der Waals surface area contributed by atoms with Crippen LogP contribution in [0.15, 0.2) is 79.0 Å². The molecule has 0 saturated carbocycles. The Labute approximate surface area is 142 Å². The molecular formula is C21H20N2O. The molecule has 0 unspecified atom stereocenters. The highest BCUT2D eigenvalue weighted by molar-refractivity contribution is 5.94. The summed E-state index contributed by atoms with van der Waals surface area (Å²) in [6.07, 6.45) is 2.70.